The van der Waals surface area contributed by atoms with Gasteiger partial charge in [0, 0.05) is 0 Å². The van der Waals surface area contributed by atoms with Crippen molar-refractivity contribution in [3.63, 3.8) is 0 Å². The molecule has 0 atom stereocenters. The lowest BCUT2D eigenvalue weighted by atomic mass is 10.1. The van der Waals surface area contributed by atoms with E-state index in [0.29, 0.717) is 10.6 Å². The molecule has 0 aliphatic carbocycles. The van der Waals surface area contributed by atoms with Crippen LogP contribution in [0.1, 0.15) is 37.0 Å². The van der Waals surface area contributed by atoms with Crippen LogP contribution in [0.3, 0.4) is 0 Å². The molecule has 128 valence electrons. The Kier molecular flexibility index (Phi) is 4.76. The van der Waals surface area contributed by atoms with Gasteiger partial charge in [-0.15, -0.1) is 16.4 Å². The highest BCUT2D eigenvalue weighted by Gasteiger charge is 2.20. The van der Waals surface area contributed by atoms with E-state index in [4.69, 9.17) is 4.74 Å². The minimum atomic E-state index is -0.654. The Hall–Kier alpha value is -2.80. The standard InChI is InChI=1S/C18H17N3O3S/c1-11-6-7-14(12(2)9-11)21-19-13(3)17(20-21)18(23)24-10-15(22)16-5-4-8-25-16/h4-9H,10H2,1-3H3. The van der Waals surface area contributed by atoms with E-state index < -0.39 is 5.97 Å². The first kappa shape index (κ1) is 17.0. The Morgan fingerprint density at radius 1 is 1.16 bits per heavy atom. The number of aryl methyl sites for hydroxylation is 3. The molecule has 0 unspecified atom stereocenters. The summed E-state index contributed by atoms with van der Waals surface area (Å²) < 4.78 is 5.10. The van der Waals surface area contributed by atoms with E-state index in [1.807, 2.05) is 32.0 Å². The summed E-state index contributed by atoms with van der Waals surface area (Å²) >= 11 is 1.31. The van der Waals surface area contributed by atoms with E-state index in [1.54, 1.807) is 24.4 Å². The minimum Gasteiger partial charge on any atom is -0.452 e. The van der Waals surface area contributed by atoms with Crippen molar-refractivity contribution >= 4 is 23.1 Å². The summed E-state index contributed by atoms with van der Waals surface area (Å²) in [5.41, 5.74) is 3.49. The van der Waals surface area contributed by atoms with Gasteiger partial charge in [0.2, 0.25) is 5.78 Å². The lowest BCUT2D eigenvalue weighted by molar-refractivity contribution is 0.0468. The molecule has 0 fully saturated rings. The third-order valence-electron chi connectivity index (χ3n) is 3.67. The molecule has 1 aromatic carbocycles. The lowest BCUT2D eigenvalue weighted by Crippen LogP contribution is -2.15. The van der Waals surface area contributed by atoms with Crippen molar-refractivity contribution < 1.29 is 14.3 Å². The van der Waals surface area contributed by atoms with Crippen molar-refractivity contribution in [1.82, 2.24) is 15.0 Å². The fourth-order valence-corrected chi connectivity index (χ4v) is 3.06. The highest BCUT2D eigenvalue weighted by Crippen LogP contribution is 2.16. The third-order valence-corrected chi connectivity index (χ3v) is 4.58. The number of thiophene rings is 1. The van der Waals surface area contributed by atoms with Gasteiger partial charge in [0.25, 0.3) is 0 Å². The van der Waals surface area contributed by atoms with Gasteiger partial charge in [-0.1, -0.05) is 23.8 Å². The van der Waals surface area contributed by atoms with Gasteiger partial charge in [-0.2, -0.15) is 9.90 Å². The second-order valence-corrected chi connectivity index (χ2v) is 6.64. The van der Waals surface area contributed by atoms with Gasteiger partial charge >= 0.3 is 5.97 Å². The van der Waals surface area contributed by atoms with Crippen LogP contribution >= 0.6 is 11.3 Å². The quantitative estimate of drug-likeness (QED) is 0.519. The lowest BCUT2D eigenvalue weighted by Gasteiger charge is -2.05. The number of carbonyl (C=O) groups excluding carboxylic acids is 2. The van der Waals surface area contributed by atoms with Gasteiger partial charge in [0.05, 0.1) is 16.3 Å². The molecule has 0 amide bonds. The fourth-order valence-electron chi connectivity index (χ4n) is 2.41. The van der Waals surface area contributed by atoms with Crippen molar-refractivity contribution in [1.29, 1.82) is 0 Å². The molecule has 2 aromatic heterocycles. The van der Waals surface area contributed by atoms with E-state index in [2.05, 4.69) is 10.2 Å². The van der Waals surface area contributed by atoms with E-state index in [9.17, 15) is 9.59 Å². The number of rotatable bonds is 5. The molecule has 3 rings (SSSR count). The van der Waals surface area contributed by atoms with Gasteiger partial charge in [-0.25, -0.2) is 4.79 Å². The summed E-state index contributed by atoms with van der Waals surface area (Å²) in [4.78, 5) is 26.1. The summed E-state index contributed by atoms with van der Waals surface area (Å²) in [6, 6.07) is 9.35. The van der Waals surface area contributed by atoms with Crippen LogP contribution < -0.4 is 0 Å². The molecule has 3 aromatic rings. The number of ketones is 1. The van der Waals surface area contributed by atoms with E-state index in [-0.39, 0.29) is 18.1 Å². The minimum absolute atomic E-state index is 0.110. The summed E-state index contributed by atoms with van der Waals surface area (Å²) in [6.07, 6.45) is 0. The number of carbonyl (C=O) groups is 2. The van der Waals surface area contributed by atoms with Crippen LogP contribution in [-0.2, 0) is 4.74 Å². The smallest absolute Gasteiger partial charge is 0.361 e. The maximum absolute atomic E-state index is 12.2. The SMILES string of the molecule is Cc1ccc(-n2nc(C)c(C(=O)OCC(=O)c3cccs3)n2)c(C)c1. The maximum Gasteiger partial charge on any atom is 0.361 e. The van der Waals surface area contributed by atoms with Gasteiger partial charge in [0.1, 0.15) is 0 Å². The predicted octanol–water partition coefficient (Wildman–Crippen LogP) is 3.29. The van der Waals surface area contributed by atoms with Crippen molar-refractivity contribution in [2.75, 3.05) is 6.61 Å². The second-order valence-electron chi connectivity index (χ2n) is 5.69. The first-order valence-electron chi connectivity index (χ1n) is 7.71. The van der Waals surface area contributed by atoms with Crippen LogP contribution in [-0.4, -0.2) is 33.4 Å². The molecule has 0 N–H and O–H groups in total. The number of Topliss-reactive ketones (excluding diaryl/α,β-unsaturated/α-hetero) is 1. The molecule has 7 heteroatoms. The average molecular weight is 355 g/mol. The zero-order valence-corrected chi connectivity index (χ0v) is 15.0. The van der Waals surface area contributed by atoms with Gasteiger partial charge in [0.15, 0.2) is 12.3 Å². The van der Waals surface area contributed by atoms with Crippen LogP contribution in [0.15, 0.2) is 35.7 Å². The number of esters is 1. The number of hydrogen-bond donors (Lipinski definition) is 0. The normalized spacial score (nSPS) is 10.7. The monoisotopic (exact) mass is 355 g/mol. The molecule has 0 saturated carbocycles. The zero-order chi connectivity index (χ0) is 18.0. The topological polar surface area (TPSA) is 74.1 Å². The molecule has 0 bridgehead atoms. The molecule has 2 heterocycles. The third kappa shape index (κ3) is 3.66. The van der Waals surface area contributed by atoms with Crippen LogP contribution in [0.5, 0.6) is 0 Å². The zero-order valence-electron chi connectivity index (χ0n) is 14.1. The Morgan fingerprint density at radius 2 is 1.96 bits per heavy atom. The average Bonchev–Trinajstić information content (AvgIpc) is 3.22. The Morgan fingerprint density at radius 3 is 2.64 bits per heavy atom. The molecule has 6 nitrogen and oxygen atoms in total. The van der Waals surface area contributed by atoms with Crippen molar-refractivity contribution in [3.05, 3.63) is 63.1 Å². The Labute approximate surface area is 149 Å². The van der Waals surface area contributed by atoms with Crippen LogP contribution in [0.2, 0.25) is 0 Å². The first-order valence-corrected chi connectivity index (χ1v) is 8.59. The van der Waals surface area contributed by atoms with Gasteiger partial charge < -0.3 is 4.74 Å². The molecule has 0 spiro atoms. The Balaban J connectivity index is 1.75. The largest absolute Gasteiger partial charge is 0.452 e. The molecule has 0 aliphatic heterocycles. The van der Waals surface area contributed by atoms with Crippen molar-refractivity contribution in [2.45, 2.75) is 20.8 Å². The van der Waals surface area contributed by atoms with E-state index in [1.165, 1.54) is 16.1 Å². The number of hydrogen-bond acceptors (Lipinski definition) is 6. The molecule has 0 aliphatic rings. The summed E-state index contributed by atoms with van der Waals surface area (Å²) in [6.45, 7) is 5.34. The number of benzene rings is 1. The van der Waals surface area contributed by atoms with Crippen molar-refractivity contribution in [3.8, 4) is 5.69 Å². The molecular weight excluding hydrogens is 338 g/mol. The maximum atomic E-state index is 12.2. The van der Waals surface area contributed by atoms with Crippen LogP contribution in [0.25, 0.3) is 5.69 Å². The first-order chi connectivity index (χ1) is 12.0. The van der Waals surface area contributed by atoms with Crippen LogP contribution in [0, 0.1) is 20.8 Å². The Bertz CT molecular complexity index is 929. The second kappa shape index (κ2) is 6.98. The summed E-state index contributed by atoms with van der Waals surface area (Å²) in [7, 11) is 0. The highest BCUT2D eigenvalue weighted by molar-refractivity contribution is 7.12. The highest BCUT2D eigenvalue weighted by atomic mass is 32.1. The predicted molar refractivity (Wildman–Crippen MR) is 94.5 cm³/mol. The number of aromatic nitrogens is 3. The molecular formula is C18H17N3O3S. The fraction of sp³-hybridized carbons (Fsp3) is 0.222. The number of ether oxygens (including phenoxy) is 1. The summed E-state index contributed by atoms with van der Waals surface area (Å²) in [5, 5.41) is 10.3. The molecule has 25 heavy (non-hydrogen) atoms. The van der Waals surface area contributed by atoms with E-state index >= 15 is 0 Å². The van der Waals surface area contributed by atoms with Gasteiger partial charge in [-0.05, 0) is 43.8 Å². The van der Waals surface area contributed by atoms with E-state index in [0.717, 1.165) is 16.8 Å². The van der Waals surface area contributed by atoms with Crippen molar-refractivity contribution in [2.24, 2.45) is 0 Å². The summed E-state index contributed by atoms with van der Waals surface area (Å²) in [5.74, 6) is -0.888. The van der Waals surface area contributed by atoms with Gasteiger partial charge in [-0.3, -0.25) is 4.79 Å². The van der Waals surface area contributed by atoms with Crippen LogP contribution in [0.4, 0.5) is 0 Å². The molecule has 0 radical (unpaired) electrons. The number of nitrogens with zero attached hydrogens (tertiary/aromatic N) is 3. The molecule has 0 saturated heterocycles.